The molecule has 5 heteroatoms. The van der Waals surface area contributed by atoms with Gasteiger partial charge in [-0.3, -0.25) is 4.79 Å². The van der Waals surface area contributed by atoms with Crippen LogP contribution in [-0.2, 0) is 4.79 Å². The molecule has 2 saturated heterocycles. The van der Waals surface area contributed by atoms with Gasteiger partial charge in [0.1, 0.15) is 0 Å². The van der Waals surface area contributed by atoms with Gasteiger partial charge in [-0.1, -0.05) is 30.3 Å². The van der Waals surface area contributed by atoms with E-state index in [4.69, 9.17) is 0 Å². The molecule has 2 aliphatic rings. The number of nitrogens with one attached hydrogen (secondary N) is 2. The average Bonchev–Trinajstić information content (AvgIpc) is 2.73. The van der Waals surface area contributed by atoms with Crippen molar-refractivity contribution in [2.24, 2.45) is 11.8 Å². The first-order chi connectivity index (χ1) is 13.2. The van der Waals surface area contributed by atoms with Crippen LogP contribution >= 0.6 is 0 Å². The monoisotopic (exact) mass is 373 g/mol. The lowest BCUT2D eigenvalue weighted by molar-refractivity contribution is -0.121. The van der Waals surface area contributed by atoms with Gasteiger partial charge in [-0.2, -0.15) is 0 Å². The first-order valence-corrected chi connectivity index (χ1v) is 10.6. The molecule has 150 valence electrons. The van der Waals surface area contributed by atoms with Gasteiger partial charge in [-0.05, 0) is 75.7 Å². The zero-order valence-corrected chi connectivity index (χ0v) is 16.4. The second kappa shape index (κ2) is 10.8. The minimum Gasteiger partial charge on any atom is -0.387 e. The second-order valence-corrected chi connectivity index (χ2v) is 8.21. The number of amides is 1. The fraction of sp³-hybridized carbons (Fsp3) is 0.682. The van der Waals surface area contributed by atoms with E-state index in [1.54, 1.807) is 0 Å². The quantitative estimate of drug-likeness (QED) is 0.654. The molecule has 27 heavy (non-hydrogen) atoms. The summed E-state index contributed by atoms with van der Waals surface area (Å²) in [6.45, 7) is 5.70. The molecular weight excluding hydrogens is 338 g/mol. The van der Waals surface area contributed by atoms with Crippen molar-refractivity contribution < 1.29 is 9.90 Å². The molecule has 2 aliphatic heterocycles. The standard InChI is InChI=1S/C22H35N3O2/c26-21(20-4-2-1-3-5-20)17-25-14-10-19(11-15-25)16-24-22(27)7-6-18-8-12-23-13-9-18/h1-5,18-19,21,23,26H,6-17H2,(H,24,27). The Morgan fingerprint density at radius 3 is 2.52 bits per heavy atom. The highest BCUT2D eigenvalue weighted by Crippen LogP contribution is 2.21. The van der Waals surface area contributed by atoms with Crippen molar-refractivity contribution in [1.82, 2.24) is 15.5 Å². The maximum Gasteiger partial charge on any atom is 0.220 e. The third-order valence-corrected chi connectivity index (χ3v) is 6.15. The molecule has 1 aromatic rings. The van der Waals surface area contributed by atoms with E-state index in [0.29, 0.717) is 18.9 Å². The summed E-state index contributed by atoms with van der Waals surface area (Å²) in [6.07, 6.45) is 5.89. The van der Waals surface area contributed by atoms with Gasteiger partial charge in [0.15, 0.2) is 0 Å². The molecule has 3 rings (SSSR count). The molecule has 2 heterocycles. The van der Waals surface area contributed by atoms with Gasteiger partial charge in [0, 0.05) is 19.5 Å². The molecule has 3 N–H and O–H groups in total. The van der Waals surface area contributed by atoms with E-state index in [1.165, 1.54) is 12.8 Å². The van der Waals surface area contributed by atoms with Crippen molar-refractivity contribution in [2.45, 2.75) is 44.6 Å². The van der Waals surface area contributed by atoms with Crippen molar-refractivity contribution in [2.75, 3.05) is 39.3 Å². The molecule has 1 aromatic carbocycles. The molecule has 0 bridgehead atoms. The lowest BCUT2D eigenvalue weighted by Gasteiger charge is -2.33. The Bertz CT molecular complexity index is 552. The van der Waals surface area contributed by atoms with Crippen LogP contribution in [0.5, 0.6) is 0 Å². The first-order valence-electron chi connectivity index (χ1n) is 10.6. The third kappa shape index (κ3) is 6.91. The number of β-amino-alcohol motifs (C(OH)–C–C–N with tert-alkyl or cyclic N) is 1. The van der Waals surface area contributed by atoms with Gasteiger partial charge in [0.25, 0.3) is 0 Å². The summed E-state index contributed by atoms with van der Waals surface area (Å²) in [6, 6.07) is 9.88. The van der Waals surface area contributed by atoms with E-state index >= 15 is 0 Å². The van der Waals surface area contributed by atoms with Crippen molar-refractivity contribution >= 4 is 5.91 Å². The van der Waals surface area contributed by atoms with Gasteiger partial charge >= 0.3 is 0 Å². The highest BCUT2D eigenvalue weighted by atomic mass is 16.3. The van der Waals surface area contributed by atoms with Crippen molar-refractivity contribution in [3.63, 3.8) is 0 Å². The third-order valence-electron chi connectivity index (χ3n) is 6.15. The smallest absolute Gasteiger partial charge is 0.220 e. The summed E-state index contributed by atoms with van der Waals surface area (Å²) >= 11 is 0. The van der Waals surface area contributed by atoms with Gasteiger partial charge in [-0.25, -0.2) is 0 Å². The summed E-state index contributed by atoms with van der Waals surface area (Å²) in [4.78, 5) is 14.5. The molecule has 0 aliphatic carbocycles. The molecule has 0 radical (unpaired) electrons. The number of carbonyl (C=O) groups excluding carboxylic acids is 1. The Hall–Kier alpha value is -1.43. The number of aliphatic hydroxyl groups excluding tert-OH is 1. The van der Waals surface area contributed by atoms with E-state index in [0.717, 1.165) is 63.5 Å². The fourth-order valence-corrected chi connectivity index (χ4v) is 4.25. The number of benzene rings is 1. The van der Waals surface area contributed by atoms with Crippen molar-refractivity contribution in [1.29, 1.82) is 0 Å². The van der Waals surface area contributed by atoms with E-state index < -0.39 is 6.10 Å². The predicted molar refractivity (Wildman–Crippen MR) is 108 cm³/mol. The van der Waals surface area contributed by atoms with Crippen LogP contribution in [0.25, 0.3) is 0 Å². The largest absolute Gasteiger partial charge is 0.387 e. The van der Waals surface area contributed by atoms with E-state index in [1.807, 2.05) is 30.3 Å². The highest BCUT2D eigenvalue weighted by Gasteiger charge is 2.22. The molecule has 0 spiro atoms. The van der Waals surface area contributed by atoms with Crippen LogP contribution in [0.15, 0.2) is 30.3 Å². The van der Waals surface area contributed by atoms with Gasteiger partial charge in [0.2, 0.25) is 5.91 Å². The second-order valence-electron chi connectivity index (χ2n) is 8.21. The molecule has 1 atom stereocenters. The summed E-state index contributed by atoms with van der Waals surface area (Å²) < 4.78 is 0. The Morgan fingerprint density at radius 1 is 1.11 bits per heavy atom. The molecule has 2 fully saturated rings. The minimum atomic E-state index is -0.419. The van der Waals surface area contributed by atoms with Crippen LogP contribution in [-0.4, -0.2) is 55.2 Å². The summed E-state index contributed by atoms with van der Waals surface area (Å²) in [5, 5.41) is 16.9. The summed E-state index contributed by atoms with van der Waals surface area (Å²) in [5.41, 5.74) is 0.987. The average molecular weight is 374 g/mol. The number of aliphatic hydroxyl groups is 1. The van der Waals surface area contributed by atoms with Gasteiger partial charge < -0.3 is 20.6 Å². The number of nitrogens with zero attached hydrogens (tertiary/aromatic N) is 1. The normalized spacial score (nSPS) is 21.1. The van der Waals surface area contributed by atoms with E-state index in [2.05, 4.69) is 15.5 Å². The zero-order valence-electron chi connectivity index (χ0n) is 16.4. The van der Waals surface area contributed by atoms with E-state index in [9.17, 15) is 9.90 Å². The topological polar surface area (TPSA) is 64.6 Å². The summed E-state index contributed by atoms with van der Waals surface area (Å²) in [7, 11) is 0. The number of rotatable bonds is 8. The minimum absolute atomic E-state index is 0.218. The highest BCUT2D eigenvalue weighted by molar-refractivity contribution is 5.75. The number of carbonyl (C=O) groups is 1. The van der Waals surface area contributed by atoms with Crippen LogP contribution in [0.3, 0.4) is 0 Å². The number of piperidine rings is 2. The van der Waals surface area contributed by atoms with Crippen LogP contribution in [0.2, 0.25) is 0 Å². The molecule has 5 nitrogen and oxygen atoms in total. The number of hydrogen-bond donors (Lipinski definition) is 3. The lowest BCUT2D eigenvalue weighted by atomic mass is 9.93. The van der Waals surface area contributed by atoms with Crippen LogP contribution in [0, 0.1) is 11.8 Å². The number of hydrogen-bond acceptors (Lipinski definition) is 4. The van der Waals surface area contributed by atoms with Crippen molar-refractivity contribution in [3.8, 4) is 0 Å². The molecule has 0 aromatic heterocycles. The summed E-state index contributed by atoms with van der Waals surface area (Å²) in [5.74, 6) is 1.50. The Labute approximate surface area is 163 Å². The van der Waals surface area contributed by atoms with Crippen LogP contribution in [0.1, 0.15) is 50.2 Å². The maximum absolute atomic E-state index is 12.1. The maximum atomic E-state index is 12.1. The molecule has 1 amide bonds. The SMILES string of the molecule is O=C(CCC1CCNCC1)NCC1CCN(CC(O)c2ccccc2)CC1. The van der Waals surface area contributed by atoms with Gasteiger partial charge in [-0.15, -0.1) is 0 Å². The Balaban J connectivity index is 1.28. The van der Waals surface area contributed by atoms with Crippen molar-refractivity contribution in [3.05, 3.63) is 35.9 Å². The van der Waals surface area contributed by atoms with Crippen LogP contribution < -0.4 is 10.6 Å². The predicted octanol–water partition coefficient (Wildman–Crippen LogP) is 2.33. The fourth-order valence-electron chi connectivity index (χ4n) is 4.25. The Morgan fingerprint density at radius 2 is 1.81 bits per heavy atom. The Kier molecular flexibility index (Phi) is 8.11. The van der Waals surface area contributed by atoms with Crippen LogP contribution in [0.4, 0.5) is 0 Å². The lowest BCUT2D eigenvalue weighted by Crippen LogP contribution is -2.40. The van der Waals surface area contributed by atoms with Gasteiger partial charge in [0.05, 0.1) is 6.10 Å². The molecular formula is C22H35N3O2. The zero-order chi connectivity index (χ0) is 18.9. The first kappa shape index (κ1) is 20.3. The molecule has 0 saturated carbocycles. The number of likely N-dealkylation sites (tertiary alicyclic amines) is 1. The van der Waals surface area contributed by atoms with E-state index in [-0.39, 0.29) is 5.91 Å². The molecule has 1 unspecified atom stereocenters.